The Kier molecular flexibility index (Phi) is 9.05. The van der Waals surface area contributed by atoms with Crippen molar-refractivity contribution in [2.75, 3.05) is 19.6 Å². The molecule has 5 nitrogen and oxygen atoms in total. The van der Waals surface area contributed by atoms with Crippen LogP contribution in [0.5, 0.6) is 0 Å². The second-order valence-corrected chi connectivity index (χ2v) is 7.92. The third-order valence-electron chi connectivity index (χ3n) is 5.59. The number of nitrogens with zero attached hydrogens (tertiary/aromatic N) is 2. The molecule has 2 heterocycles. The van der Waals surface area contributed by atoms with Crippen LogP contribution in [0, 0.1) is 5.92 Å². The fraction of sp³-hybridized carbons (Fsp3) is 0.346. The fourth-order valence-electron chi connectivity index (χ4n) is 3.75. The molecule has 3 rings (SSSR count). The number of carbonyl (C=O) groups excluding carboxylic acids is 2. The van der Waals surface area contributed by atoms with Crippen LogP contribution in [0.3, 0.4) is 0 Å². The fourth-order valence-corrected chi connectivity index (χ4v) is 3.75. The van der Waals surface area contributed by atoms with E-state index in [0.29, 0.717) is 12.5 Å². The number of pyridine rings is 1. The first kappa shape index (κ1) is 22.5. The Morgan fingerprint density at radius 1 is 0.968 bits per heavy atom. The van der Waals surface area contributed by atoms with Crippen LogP contribution in [0.25, 0.3) is 12.2 Å². The average Bonchev–Trinajstić information content (AvgIpc) is 2.83. The maximum atomic E-state index is 12.4. The Bertz CT molecular complexity index is 870. The van der Waals surface area contributed by atoms with Crippen molar-refractivity contribution in [2.45, 2.75) is 32.1 Å². The van der Waals surface area contributed by atoms with Gasteiger partial charge in [-0.2, -0.15) is 0 Å². The van der Waals surface area contributed by atoms with E-state index in [1.54, 1.807) is 30.6 Å². The van der Waals surface area contributed by atoms with Crippen LogP contribution in [0.2, 0.25) is 0 Å². The van der Waals surface area contributed by atoms with Gasteiger partial charge in [-0.05, 0) is 54.5 Å². The molecule has 5 heteroatoms. The van der Waals surface area contributed by atoms with Crippen molar-refractivity contribution in [1.82, 2.24) is 15.2 Å². The predicted octanol–water partition coefficient (Wildman–Crippen LogP) is 4.33. The van der Waals surface area contributed by atoms with Gasteiger partial charge in [0, 0.05) is 44.2 Å². The number of piperidine rings is 1. The summed E-state index contributed by atoms with van der Waals surface area (Å²) in [7, 11) is 0. The lowest BCUT2D eigenvalue weighted by Crippen LogP contribution is -2.37. The van der Waals surface area contributed by atoms with Gasteiger partial charge in [0.05, 0.1) is 0 Å². The van der Waals surface area contributed by atoms with Crippen molar-refractivity contribution in [2.24, 2.45) is 5.92 Å². The van der Waals surface area contributed by atoms with Gasteiger partial charge in [-0.1, -0.05) is 49.2 Å². The molecule has 1 aliphatic rings. The topological polar surface area (TPSA) is 62.3 Å². The van der Waals surface area contributed by atoms with Gasteiger partial charge in [-0.25, -0.2) is 0 Å². The molecule has 0 unspecified atom stereocenters. The lowest BCUT2D eigenvalue weighted by molar-refractivity contribution is -0.127. The zero-order chi connectivity index (χ0) is 21.7. The molecule has 2 amide bonds. The number of likely N-dealkylation sites (tertiary alicyclic amines) is 1. The molecule has 0 spiro atoms. The number of hydrogen-bond donors (Lipinski definition) is 1. The summed E-state index contributed by atoms with van der Waals surface area (Å²) >= 11 is 0. The molecular weight excluding hydrogens is 386 g/mol. The number of amides is 2. The molecule has 31 heavy (non-hydrogen) atoms. The zero-order valence-corrected chi connectivity index (χ0v) is 18.0. The van der Waals surface area contributed by atoms with Crippen LogP contribution in [0.15, 0.2) is 67.0 Å². The highest BCUT2D eigenvalue weighted by atomic mass is 16.2. The van der Waals surface area contributed by atoms with E-state index in [2.05, 4.69) is 10.3 Å². The number of hydrogen-bond acceptors (Lipinski definition) is 3. The van der Waals surface area contributed by atoms with E-state index in [4.69, 9.17) is 0 Å². The average molecular weight is 418 g/mol. The van der Waals surface area contributed by atoms with E-state index in [1.807, 2.05) is 53.4 Å². The highest BCUT2D eigenvalue weighted by Gasteiger charge is 2.21. The number of benzene rings is 1. The molecule has 1 aliphatic heterocycles. The summed E-state index contributed by atoms with van der Waals surface area (Å²) in [5.41, 5.74) is 1.96. The van der Waals surface area contributed by atoms with Gasteiger partial charge in [0.2, 0.25) is 11.8 Å². The Morgan fingerprint density at radius 2 is 1.71 bits per heavy atom. The van der Waals surface area contributed by atoms with E-state index in [0.717, 1.165) is 56.3 Å². The minimum absolute atomic E-state index is 0.0702. The first-order chi connectivity index (χ1) is 15.2. The van der Waals surface area contributed by atoms with Crippen molar-refractivity contribution in [1.29, 1.82) is 0 Å². The van der Waals surface area contributed by atoms with Crippen LogP contribution < -0.4 is 5.32 Å². The molecule has 1 aromatic carbocycles. The van der Waals surface area contributed by atoms with Gasteiger partial charge in [0.15, 0.2) is 0 Å². The Balaban J connectivity index is 1.26. The van der Waals surface area contributed by atoms with E-state index < -0.39 is 0 Å². The van der Waals surface area contributed by atoms with E-state index in [1.165, 1.54) is 0 Å². The molecule has 0 atom stereocenters. The molecule has 0 bridgehead atoms. The smallest absolute Gasteiger partial charge is 0.246 e. The third kappa shape index (κ3) is 8.21. The molecule has 2 aromatic rings. The number of unbranched alkanes of at least 4 members (excludes halogenated alkanes) is 1. The summed E-state index contributed by atoms with van der Waals surface area (Å²) in [5.74, 6) is 0.701. The largest absolute Gasteiger partial charge is 0.353 e. The van der Waals surface area contributed by atoms with Crippen molar-refractivity contribution < 1.29 is 9.59 Å². The Morgan fingerprint density at radius 3 is 2.45 bits per heavy atom. The van der Waals surface area contributed by atoms with Crippen LogP contribution in [0.1, 0.15) is 43.2 Å². The number of rotatable bonds is 9. The number of carbonyl (C=O) groups is 2. The maximum Gasteiger partial charge on any atom is 0.246 e. The monoisotopic (exact) mass is 417 g/mol. The van der Waals surface area contributed by atoms with Gasteiger partial charge >= 0.3 is 0 Å². The summed E-state index contributed by atoms with van der Waals surface area (Å²) < 4.78 is 0. The number of aromatic nitrogens is 1. The molecule has 0 saturated carbocycles. The Hall–Kier alpha value is -3.21. The quantitative estimate of drug-likeness (QED) is 0.488. The minimum atomic E-state index is -0.0702. The molecule has 0 radical (unpaired) electrons. The van der Waals surface area contributed by atoms with Gasteiger partial charge in [-0.3, -0.25) is 14.6 Å². The molecule has 1 N–H and O–H groups in total. The summed E-state index contributed by atoms with van der Waals surface area (Å²) in [4.78, 5) is 30.2. The summed E-state index contributed by atoms with van der Waals surface area (Å²) in [6, 6.07) is 13.7. The summed E-state index contributed by atoms with van der Waals surface area (Å²) in [6.45, 7) is 2.36. The molecule has 1 aromatic heterocycles. The number of nitrogens with one attached hydrogen (secondary N) is 1. The minimum Gasteiger partial charge on any atom is -0.353 e. The van der Waals surface area contributed by atoms with E-state index in [9.17, 15) is 9.59 Å². The molecular formula is C26H31N3O2. The molecule has 1 saturated heterocycles. The van der Waals surface area contributed by atoms with Crippen molar-refractivity contribution in [3.63, 3.8) is 0 Å². The highest BCUT2D eigenvalue weighted by molar-refractivity contribution is 5.92. The van der Waals surface area contributed by atoms with Crippen LogP contribution >= 0.6 is 0 Å². The van der Waals surface area contributed by atoms with E-state index in [-0.39, 0.29) is 11.8 Å². The van der Waals surface area contributed by atoms with Crippen molar-refractivity contribution in [3.8, 4) is 0 Å². The first-order valence-electron chi connectivity index (χ1n) is 11.1. The van der Waals surface area contributed by atoms with Crippen LogP contribution in [0.4, 0.5) is 0 Å². The van der Waals surface area contributed by atoms with Crippen molar-refractivity contribution >= 4 is 24.0 Å². The van der Waals surface area contributed by atoms with Crippen molar-refractivity contribution in [3.05, 3.63) is 78.1 Å². The highest BCUT2D eigenvalue weighted by Crippen LogP contribution is 2.22. The normalized spacial score (nSPS) is 14.9. The second-order valence-electron chi connectivity index (χ2n) is 7.92. The second kappa shape index (κ2) is 12.5. The first-order valence-corrected chi connectivity index (χ1v) is 11.1. The van der Waals surface area contributed by atoms with E-state index >= 15 is 0 Å². The molecule has 0 aliphatic carbocycles. The lowest BCUT2D eigenvalue weighted by Gasteiger charge is -2.31. The maximum absolute atomic E-state index is 12.4. The van der Waals surface area contributed by atoms with Gasteiger partial charge in [-0.15, -0.1) is 0 Å². The van der Waals surface area contributed by atoms with Crippen LogP contribution in [-0.2, 0) is 9.59 Å². The predicted molar refractivity (Wildman–Crippen MR) is 125 cm³/mol. The lowest BCUT2D eigenvalue weighted by atomic mass is 9.91. The van der Waals surface area contributed by atoms with Gasteiger partial charge in [0.25, 0.3) is 0 Å². The summed E-state index contributed by atoms with van der Waals surface area (Å²) in [6.07, 6.45) is 15.7. The van der Waals surface area contributed by atoms with Crippen LogP contribution in [-0.4, -0.2) is 41.3 Å². The summed E-state index contributed by atoms with van der Waals surface area (Å²) in [5, 5.41) is 2.93. The third-order valence-corrected chi connectivity index (χ3v) is 5.59. The molecule has 1 fully saturated rings. The van der Waals surface area contributed by atoms with Gasteiger partial charge in [0.1, 0.15) is 0 Å². The SMILES string of the molecule is O=C(/C=C/c1cccnc1)NCCCCC1CCN(C(=O)/C=C/c2ccccc2)CC1. The standard InChI is InChI=1S/C26H31N3O2/c30-25(13-11-24-10-6-17-27-21-24)28-18-5-4-9-23-15-19-29(20-16-23)26(31)14-12-22-7-2-1-3-8-22/h1-3,6-8,10-14,17,21,23H,4-5,9,15-16,18-20H2,(H,28,30)/b13-11+,14-12+. The molecule has 162 valence electrons. The Labute approximate surface area is 184 Å². The van der Waals surface area contributed by atoms with Gasteiger partial charge < -0.3 is 10.2 Å². The zero-order valence-electron chi connectivity index (χ0n) is 18.0.